The molecule has 31 heavy (non-hydrogen) atoms. The van der Waals surface area contributed by atoms with Gasteiger partial charge in [0.25, 0.3) is 5.91 Å². The number of hydrogen-bond donors (Lipinski definition) is 1. The van der Waals surface area contributed by atoms with Gasteiger partial charge in [-0.05, 0) is 62.0 Å². The minimum atomic E-state index is -0.924. The standard InChI is InChI=1S/C23H27N5O2S/c1-15(2)16-8-10-18(11-9-16)28(22(30)19-14-31-27-26-19)20(17-7-6-12-24-13-17)21(29)25-23(3,4)5/h6-15,20H,1-5H3,(H,25,29)/t20-/m0/s1. The molecule has 8 heteroatoms. The van der Waals surface area contributed by atoms with E-state index in [0.29, 0.717) is 17.2 Å². The first-order valence-corrected chi connectivity index (χ1v) is 10.9. The van der Waals surface area contributed by atoms with Gasteiger partial charge in [-0.15, -0.1) is 5.10 Å². The van der Waals surface area contributed by atoms with Crippen molar-refractivity contribution in [3.8, 4) is 0 Å². The molecule has 1 atom stereocenters. The Labute approximate surface area is 186 Å². The van der Waals surface area contributed by atoms with E-state index >= 15 is 0 Å². The zero-order chi connectivity index (χ0) is 22.6. The number of carbonyl (C=O) groups is 2. The van der Waals surface area contributed by atoms with Crippen molar-refractivity contribution in [3.63, 3.8) is 0 Å². The van der Waals surface area contributed by atoms with E-state index in [0.717, 1.165) is 17.1 Å². The number of anilines is 1. The monoisotopic (exact) mass is 437 g/mol. The molecule has 3 rings (SSSR count). The molecule has 0 saturated heterocycles. The molecule has 162 valence electrons. The highest BCUT2D eigenvalue weighted by Gasteiger charge is 2.36. The Kier molecular flexibility index (Phi) is 6.80. The number of carbonyl (C=O) groups excluding carboxylic acids is 2. The lowest BCUT2D eigenvalue weighted by molar-refractivity contribution is -0.123. The Bertz CT molecular complexity index is 1010. The van der Waals surface area contributed by atoms with Gasteiger partial charge in [0.05, 0.1) is 0 Å². The summed E-state index contributed by atoms with van der Waals surface area (Å²) in [5.74, 6) is -0.354. The Morgan fingerprint density at radius 3 is 2.29 bits per heavy atom. The van der Waals surface area contributed by atoms with E-state index in [9.17, 15) is 9.59 Å². The van der Waals surface area contributed by atoms with Crippen molar-refractivity contribution in [1.82, 2.24) is 19.9 Å². The van der Waals surface area contributed by atoms with Crippen molar-refractivity contribution < 1.29 is 9.59 Å². The van der Waals surface area contributed by atoms with Gasteiger partial charge in [-0.2, -0.15) is 0 Å². The molecule has 0 bridgehead atoms. The van der Waals surface area contributed by atoms with Crippen molar-refractivity contribution in [1.29, 1.82) is 0 Å². The number of nitrogens with zero attached hydrogens (tertiary/aromatic N) is 4. The van der Waals surface area contributed by atoms with Crippen LogP contribution in [0.4, 0.5) is 5.69 Å². The predicted octanol–water partition coefficient (Wildman–Crippen LogP) is 4.36. The molecule has 2 amide bonds. The number of benzene rings is 1. The smallest absolute Gasteiger partial charge is 0.280 e. The highest BCUT2D eigenvalue weighted by molar-refractivity contribution is 7.03. The average molecular weight is 438 g/mol. The first-order valence-electron chi connectivity index (χ1n) is 10.1. The second-order valence-electron chi connectivity index (χ2n) is 8.64. The molecular weight excluding hydrogens is 410 g/mol. The van der Waals surface area contributed by atoms with Gasteiger partial charge < -0.3 is 5.32 Å². The zero-order valence-electron chi connectivity index (χ0n) is 18.4. The number of nitrogens with one attached hydrogen (secondary N) is 1. The van der Waals surface area contributed by atoms with Crippen molar-refractivity contribution in [2.24, 2.45) is 0 Å². The predicted molar refractivity (Wildman–Crippen MR) is 122 cm³/mol. The summed E-state index contributed by atoms with van der Waals surface area (Å²) >= 11 is 1.09. The number of hydrogen-bond acceptors (Lipinski definition) is 6. The van der Waals surface area contributed by atoms with Crippen LogP contribution in [0.2, 0.25) is 0 Å². The third-order valence-corrected chi connectivity index (χ3v) is 5.15. The summed E-state index contributed by atoms with van der Waals surface area (Å²) in [6.45, 7) is 9.92. The maximum absolute atomic E-state index is 13.5. The van der Waals surface area contributed by atoms with Crippen LogP contribution in [0.15, 0.2) is 54.2 Å². The normalized spacial score (nSPS) is 12.5. The topological polar surface area (TPSA) is 88.1 Å². The van der Waals surface area contributed by atoms with E-state index in [1.165, 1.54) is 4.90 Å². The molecule has 7 nitrogen and oxygen atoms in total. The molecule has 0 aliphatic rings. The van der Waals surface area contributed by atoms with Gasteiger partial charge in [0.15, 0.2) is 5.69 Å². The lowest BCUT2D eigenvalue weighted by Gasteiger charge is -2.33. The van der Waals surface area contributed by atoms with Gasteiger partial charge in [-0.1, -0.05) is 36.5 Å². The van der Waals surface area contributed by atoms with Crippen molar-refractivity contribution in [3.05, 3.63) is 71.0 Å². The molecule has 0 aliphatic carbocycles. The number of rotatable bonds is 6. The molecule has 0 unspecified atom stereocenters. The van der Waals surface area contributed by atoms with Crippen LogP contribution in [0.3, 0.4) is 0 Å². The van der Waals surface area contributed by atoms with E-state index in [1.807, 2.05) is 45.0 Å². The summed E-state index contributed by atoms with van der Waals surface area (Å²) in [4.78, 5) is 32.6. The lowest BCUT2D eigenvalue weighted by atomic mass is 10.00. The highest BCUT2D eigenvalue weighted by atomic mass is 32.1. The second-order valence-corrected chi connectivity index (χ2v) is 9.25. The van der Waals surface area contributed by atoms with Crippen molar-refractivity contribution >= 4 is 29.0 Å². The summed E-state index contributed by atoms with van der Waals surface area (Å²) in [6, 6.07) is 10.3. The summed E-state index contributed by atoms with van der Waals surface area (Å²) in [6.07, 6.45) is 3.24. The van der Waals surface area contributed by atoms with Crippen LogP contribution in [0.1, 0.15) is 68.2 Å². The summed E-state index contributed by atoms with van der Waals surface area (Å²) in [5, 5.41) is 8.54. The molecule has 0 aliphatic heterocycles. The van der Waals surface area contributed by atoms with E-state index in [1.54, 1.807) is 29.9 Å². The molecule has 0 saturated carbocycles. The second kappa shape index (κ2) is 9.34. The Morgan fingerprint density at radius 1 is 1.06 bits per heavy atom. The molecule has 2 aromatic heterocycles. The SMILES string of the molecule is CC(C)c1ccc(N(C(=O)c2csnn2)[C@H](C(=O)NC(C)(C)C)c2cccnc2)cc1. The Hall–Kier alpha value is -3.13. The minimum Gasteiger partial charge on any atom is -0.349 e. The van der Waals surface area contributed by atoms with Gasteiger partial charge in [0.2, 0.25) is 5.91 Å². The summed E-state index contributed by atoms with van der Waals surface area (Å²) < 4.78 is 3.82. The fraction of sp³-hybridized carbons (Fsp3) is 0.348. The number of aromatic nitrogens is 3. The number of amides is 2. The Morgan fingerprint density at radius 2 is 1.77 bits per heavy atom. The fourth-order valence-electron chi connectivity index (χ4n) is 3.18. The molecule has 0 radical (unpaired) electrons. The lowest BCUT2D eigenvalue weighted by Crippen LogP contribution is -2.49. The summed E-state index contributed by atoms with van der Waals surface area (Å²) in [7, 11) is 0. The zero-order valence-corrected chi connectivity index (χ0v) is 19.2. The number of pyridine rings is 1. The van der Waals surface area contributed by atoms with Crippen LogP contribution in [0, 0.1) is 0 Å². The quantitative estimate of drug-likeness (QED) is 0.619. The largest absolute Gasteiger partial charge is 0.349 e. The molecule has 1 N–H and O–H groups in total. The van der Waals surface area contributed by atoms with Crippen LogP contribution in [0.5, 0.6) is 0 Å². The van der Waals surface area contributed by atoms with Crippen LogP contribution in [0.25, 0.3) is 0 Å². The van der Waals surface area contributed by atoms with Crippen LogP contribution >= 0.6 is 11.5 Å². The molecule has 0 spiro atoms. The van der Waals surface area contributed by atoms with Crippen molar-refractivity contribution in [2.75, 3.05) is 4.90 Å². The van der Waals surface area contributed by atoms with Crippen LogP contribution in [-0.2, 0) is 4.79 Å². The van der Waals surface area contributed by atoms with E-state index in [4.69, 9.17) is 0 Å². The third-order valence-electron chi connectivity index (χ3n) is 4.64. The molecular formula is C23H27N5O2S. The minimum absolute atomic E-state index is 0.190. The molecule has 1 aromatic carbocycles. The maximum atomic E-state index is 13.5. The van der Waals surface area contributed by atoms with Crippen LogP contribution < -0.4 is 10.2 Å². The van der Waals surface area contributed by atoms with Gasteiger partial charge in [-0.3, -0.25) is 19.5 Å². The van der Waals surface area contributed by atoms with E-state index in [-0.39, 0.29) is 11.6 Å². The third kappa shape index (κ3) is 5.52. The first-order chi connectivity index (χ1) is 14.7. The fourth-order valence-corrected chi connectivity index (χ4v) is 3.61. The molecule has 2 heterocycles. The average Bonchev–Trinajstić information content (AvgIpc) is 3.26. The maximum Gasteiger partial charge on any atom is 0.280 e. The highest BCUT2D eigenvalue weighted by Crippen LogP contribution is 2.31. The summed E-state index contributed by atoms with van der Waals surface area (Å²) in [5.41, 5.74) is 2.06. The van der Waals surface area contributed by atoms with Crippen LogP contribution in [-0.4, -0.2) is 31.9 Å². The van der Waals surface area contributed by atoms with Crippen molar-refractivity contribution in [2.45, 2.75) is 52.1 Å². The Balaban J connectivity index is 2.14. The molecule has 0 fully saturated rings. The van der Waals surface area contributed by atoms with Gasteiger partial charge in [0, 0.05) is 34.6 Å². The first kappa shape index (κ1) is 22.6. The van der Waals surface area contributed by atoms with E-state index in [2.05, 4.69) is 33.7 Å². The van der Waals surface area contributed by atoms with Gasteiger partial charge in [0.1, 0.15) is 6.04 Å². The van der Waals surface area contributed by atoms with E-state index < -0.39 is 17.5 Å². The van der Waals surface area contributed by atoms with Gasteiger partial charge in [-0.25, -0.2) is 0 Å². The van der Waals surface area contributed by atoms with Gasteiger partial charge >= 0.3 is 0 Å². The molecule has 3 aromatic rings.